The van der Waals surface area contributed by atoms with Crippen LogP contribution < -0.4 is 10.9 Å². The summed E-state index contributed by atoms with van der Waals surface area (Å²) in [6, 6.07) is 17.6. The summed E-state index contributed by atoms with van der Waals surface area (Å²) in [7, 11) is 0. The van der Waals surface area contributed by atoms with E-state index in [1.165, 1.54) is 10.9 Å². The fraction of sp³-hybridized carbons (Fsp3) is 0.150. The summed E-state index contributed by atoms with van der Waals surface area (Å²) >= 11 is 0. The van der Waals surface area contributed by atoms with Gasteiger partial charge in [0, 0.05) is 17.4 Å². The Hall–Kier alpha value is -3.41. The second kappa shape index (κ2) is 6.84. The molecular formula is C20H18N4O2. The Kier molecular flexibility index (Phi) is 4.23. The number of nitrogens with one attached hydrogen (secondary N) is 2. The maximum atomic E-state index is 12.6. The lowest BCUT2D eigenvalue weighted by molar-refractivity contribution is -0.121. The molecule has 1 amide bonds. The molecule has 0 aliphatic heterocycles. The number of carbonyl (C=O) groups is 1. The average molecular weight is 346 g/mol. The Morgan fingerprint density at radius 1 is 1.08 bits per heavy atom. The van der Waals surface area contributed by atoms with Gasteiger partial charge in [-0.1, -0.05) is 48.5 Å². The van der Waals surface area contributed by atoms with E-state index in [0.717, 1.165) is 22.9 Å². The average Bonchev–Trinajstić information content (AvgIpc) is 3.04. The van der Waals surface area contributed by atoms with Gasteiger partial charge >= 0.3 is 0 Å². The molecule has 0 atom stereocenters. The van der Waals surface area contributed by atoms with Gasteiger partial charge in [0.25, 0.3) is 5.56 Å². The number of hydrogen-bond acceptors (Lipinski definition) is 3. The van der Waals surface area contributed by atoms with Gasteiger partial charge in [0.2, 0.25) is 5.91 Å². The van der Waals surface area contributed by atoms with Crippen LogP contribution >= 0.6 is 0 Å². The van der Waals surface area contributed by atoms with E-state index >= 15 is 0 Å². The maximum Gasteiger partial charge on any atom is 0.278 e. The van der Waals surface area contributed by atoms with Gasteiger partial charge in [0.15, 0.2) is 0 Å². The molecule has 4 rings (SSSR count). The number of carbonyl (C=O) groups excluding carboxylic acids is 1. The molecule has 0 aliphatic rings. The first-order valence-electron chi connectivity index (χ1n) is 8.49. The minimum Gasteiger partial charge on any atom is -0.354 e. The third-order valence-corrected chi connectivity index (χ3v) is 4.37. The van der Waals surface area contributed by atoms with Gasteiger partial charge in [0.05, 0.1) is 6.33 Å². The molecule has 0 saturated carbocycles. The van der Waals surface area contributed by atoms with Crippen molar-refractivity contribution in [3.05, 3.63) is 76.8 Å². The minimum absolute atomic E-state index is 0.0497. The highest BCUT2D eigenvalue weighted by Gasteiger charge is 2.12. The van der Waals surface area contributed by atoms with Crippen LogP contribution in [0.5, 0.6) is 0 Å². The highest BCUT2D eigenvalue weighted by Crippen LogP contribution is 2.20. The number of para-hydroxylation sites is 1. The predicted octanol–water partition coefficient (Wildman–Crippen LogP) is 2.24. The molecule has 26 heavy (non-hydrogen) atoms. The molecule has 2 heterocycles. The van der Waals surface area contributed by atoms with Crippen molar-refractivity contribution in [3.63, 3.8) is 0 Å². The predicted molar refractivity (Wildman–Crippen MR) is 101 cm³/mol. The van der Waals surface area contributed by atoms with E-state index in [9.17, 15) is 9.59 Å². The highest BCUT2D eigenvalue weighted by molar-refractivity contribution is 6.04. The largest absolute Gasteiger partial charge is 0.354 e. The molecule has 0 radical (unpaired) electrons. The molecule has 130 valence electrons. The molecule has 6 nitrogen and oxygen atoms in total. The van der Waals surface area contributed by atoms with Gasteiger partial charge in [-0.25, -0.2) is 4.98 Å². The third-order valence-electron chi connectivity index (χ3n) is 4.37. The zero-order chi connectivity index (χ0) is 17.9. The van der Waals surface area contributed by atoms with Crippen LogP contribution in [-0.2, 0) is 17.8 Å². The lowest BCUT2D eigenvalue weighted by Crippen LogP contribution is -2.33. The molecule has 0 unspecified atom stereocenters. The standard InChI is InChI=1S/C20H18N4O2/c25-17(21-11-10-14-6-2-1-3-7-14)12-24-13-22-18-15-8-4-5-9-16(15)23-19(18)20(24)26/h1-9,13,23H,10-12H2,(H,21,25). The Bertz CT molecular complexity index is 1130. The van der Waals surface area contributed by atoms with Crippen LogP contribution in [0.2, 0.25) is 0 Å². The van der Waals surface area contributed by atoms with E-state index in [2.05, 4.69) is 15.3 Å². The molecule has 0 bridgehead atoms. The van der Waals surface area contributed by atoms with Crippen LogP contribution in [0.25, 0.3) is 21.9 Å². The molecular weight excluding hydrogens is 328 g/mol. The number of amides is 1. The number of nitrogens with zero attached hydrogens (tertiary/aromatic N) is 2. The fourth-order valence-electron chi connectivity index (χ4n) is 3.05. The zero-order valence-corrected chi connectivity index (χ0v) is 14.1. The molecule has 2 aromatic heterocycles. The number of hydrogen-bond donors (Lipinski definition) is 2. The van der Waals surface area contributed by atoms with Crippen molar-refractivity contribution in [2.45, 2.75) is 13.0 Å². The van der Waals surface area contributed by atoms with E-state index in [1.54, 1.807) is 0 Å². The van der Waals surface area contributed by atoms with Crippen LogP contribution in [0.3, 0.4) is 0 Å². The SMILES string of the molecule is O=C(Cn1cnc2c([nH]c3ccccc32)c1=O)NCCc1ccccc1. The number of aromatic amines is 1. The van der Waals surface area contributed by atoms with Crippen molar-refractivity contribution in [2.75, 3.05) is 6.54 Å². The van der Waals surface area contributed by atoms with Gasteiger partial charge in [-0.3, -0.25) is 14.2 Å². The second-order valence-corrected chi connectivity index (χ2v) is 6.16. The van der Waals surface area contributed by atoms with Crippen molar-refractivity contribution < 1.29 is 4.79 Å². The molecule has 2 N–H and O–H groups in total. The molecule has 2 aromatic carbocycles. The number of H-pyrrole nitrogens is 1. The van der Waals surface area contributed by atoms with Crippen LogP contribution in [0.15, 0.2) is 65.7 Å². The van der Waals surface area contributed by atoms with Gasteiger partial charge in [-0.05, 0) is 18.1 Å². The smallest absolute Gasteiger partial charge is 0.278 e. The quantitative estimate of drug-likeness (QED) is 0.582. The second-order valence-electron chi connectivity index (χ2n) is 6.16. The number of benzene rings is 2. The first-order valence-corrected chi connectivity index (χ1v) is 8.49. The van der Waals surface area contributed by atoms with Gasteiger partial charge in [-0.2, -0.15) is 0 Å². The minimum atomic E-state index is -0.246. The normalized spacial score (nSPS) is 11.1. The van der Waals surface area contributed by atoms with E-state index in [4.69, 9.17) is 0 Å². The zero-order valence-electron chi connectivity index (χ0n) is 14.1. The monoisotopic (exact) mass is 346 g/mol. The summed E-state index contributed by atoms with van der Waals surface area (Å²) in [5.41, 5.74) is 2.82. The lowest BCUT2D eigenvalue weighted by atomic mass is 10.1. The maximum absolute atomic E-state index is 12.6. The number of fused-ring (bicyclic) bond motifs is 3. The lowest BCUT2D eigenvalue weighted by Gasteiger charge is -2.07. The summed E-state index contributed by atoms with van der Waals surface area (Å²) in [5.74, 6) is -0.208. The van der Waals surface area contributed by atoms with Crippen molar-refractivity contribution in [3.8, 4) is 0 Å². The van der Waals surface area contributed by atoms with E-state index in [0.29, 0.717) is 17.6 Å². The summed E-state index contributed by atoms with van der Waals surface area (Å²) in [5, 5.41) is 3.75. The Labute approximate surface area is 149 Å². The van der Waals surface area contributed by atoms with Crippen LogP contribution in [0.4, 0.5) is 0 Å². The molecule has 0 saturated heterocycles. The van der Waals surface area contributed by atoms with Gasteiger partial charge in [-0.15, -0.1) is 0 Å². The van der Waals surface area contributed by atoms with Crippen molar-refractivity contribution in [1.82, 2.24) is 19.9 Å². The molecule has 6 heteroatoms. The van der Waals surface area contributed by atoms with Gasteiger partial charge < -0.3 is 10.3 Å². The van der Waals surface area contributed by atoms with E-state index in [-0.39, 0.29) is 18.0 Å². The summed E-state index contributed by atoms with van der Waals surface area (Å²) in [6.07, 6.45) is 2.18. The molecule has 0 fully saturated rings. The summed E-state index contributed by atoms with van der Waals surface area (Å²) in [6.45, 7) is 0.478. The van der Waals surface area contributed by atoms with E-state index < -0.39 is 0 Å². The van der Waals surface area contributed by atoms with Crippen LogP contribution in [0, 0.1) is 0 Å². The summed E-state index contributed by atoms with van der Waals surface area (Å²) < 4.78 is 1.33. The fourth-order valence-corrected chi connectivity index (χ4v) is 3.05. The van der Waals surface area contributed by atoms with Gasteiger partial charge in [0.1, 0.15) is 17.6 Å². The Morgan fingerprint density at radius 3 is 2.69 bits per heavy atom. The van der Waals surface area contributed by atoms with Crippen LogP contribution in [-0.4, -0.2) is 27.0 Å². The molecule has 0 aliphatic carbocycles. The summed E-state index contributed by atoms with van der Waals surface area (Å²) in [4.78, 5) is 32.3. The number of rotatable bonds is 5. The number of aromatic nitrogens is 3. The molecule has 4 aromatic rings. The van der Waals surface area contributed by atoms with Crippen molar-refractivity contribution in [1.29, 1.82) is 0 Å². The Balaban J connectivity index is 1.48. The van der Waals surface area contributed by atoms with Crippen LogP contribution in [0.1, 0.15) is 5.56 Å². The highest BCUT2D eigenvalue weighted by atomic mass is 16.2. The third kappa shape index (κ3) is 3.09. The topological polar surface area (TPSA) is 79.8 Å². The molecule has 0 spiro atoms. The van der Waals surface area contributed by atoms with Crippen molar-refractivity contribution >= 4 is 27.8 Å². The first kappa shape index (κ1) is 16.1. The first-order chi connectivity index (χ1) is 12.7. The van der Waals surface area contributed by atoms with Crippen molar-refractivity contribution in [2.24, 2.45) is 0 Å². The Morgan fingerprint density at radius 2 is 1.85 bits per heavy atom. The van der Waals surface area contributed by atoms with E-state index in [1.807, 2.05) is 54.6 Å².